The lowest BCUT2D eigenvalue weighted by Crippen LogP contribution is -1.98. The van der Waals surface area contributed by atoms with Gasteiger partial charge in [0.25, 0.3) is 0 Å². The van der Waals surface area contributed by atoms with E-state index in [0.29, 0.717) is 0 Å². The largest absolute Gasteiger partial charge is 0.457 e. The normalized spacial score (nSPS) is 10.9. The maximum Gasteiger partial charge on any atom is 0.131 e. The van der Waals surface area contributed by atoms with Gasteiger partial charge in [0.15, 0.2) is 0 Å². The van der Waals surface area contributed by atoms with Crippen molar-refractivity contribution in [3.63, 3.8) is 0 Å². The highest BCUT2D eigenvalue weighted by Gasteiger charge is 2.07. The minimum atomic E-state index is 0.730. The van der Waals surface area contributed by atoms with Crippen LogP contribution in [0.1, 0.15) is 22.8 Å². The summed E-state index contributed by atoms with van der Waals surface area (Å²) >= 11 is 0. The molecule has 0 atom stereocenters. The Labute approximate surface area is 200 Å². The van der Waals surface area contributed by atoms with Crippen LogP contribution >= 0.6 is 0 Å². The van der Waals surface area contributed by atoms with Gasteiger partial charge in [0.05, 0.1) is 0 Å². The van der Waals surface area contributed by atoms with E-state index in [9.17, 15) is 0 Å². The Hall–Kier alpha value is -4.18. The predicted octanol–water partition coefficient (Wildman–Crippen LogP) is 8.09. The molecule has 4 heteroatoms. The molecule has 0 saturated heterocycles. The van der Waals surface area contributed by atoms with Gasteiger partial charge < -0.3 is 18.6 Å². The number of aryl methyl sites for hydroxylation is 4. The topological polar surface area (TPSA) is 28.3 Å². The van der Waals surface area contributed by atoms with Gasteiger partial charge in [-0.15, -0.1) is 0 Å². The molecular formula is C30H28N2O2. The van der Waals surface area contributed by atoms with E-state index in [0.717, 1.165) is 34.4 Å². The molecule has 0 radical (unpaired) electrons. The summed E-state index contributed by atoms with van der Waals surface area (Å²) in [6.45, 7) is 8.44. The Kier molecular flexibility index (Phi) is 5.72. The standard InChI is InChI=1S/C30H28N2O2/c1-21-8-9-22(2)31(21)25-12-16-27(17-13-25)33-29-6-5-7-30(20-29)34-28-18-14-26(15-19-28)32-23(3)10-11-24(32)4/h5-20H,1-4H3. The Bertz CT molecular complexity index is 1280. The van der Waals surface area contributed by atoms with Crippen molar-refractivity contribution in [3.05, 3.63) is 120 Å². The first-order valence-electron chi connectivity index (χ1n) is 11.4. The molecule has 0 aliphatic rings. The zero-order chi connectivity index (χ0) is 23.7. The van der Waals surface area contributed by atoms with Crippen LogP contribution in [-0.4, -0.2) is 9.13 Å². The van der Waals surface area contributed by atoms with Crippen LogP contribution in [0.25, 0.3) is 11.4 Å². The van der Waals surface area contributed by atoms with Crippen molar-refractivity contribution in [1.82, 2.24) is 9.13 Å². The van der Waals surface area contributed by atoms with E-state index in [2.05, 4.69) is 85.4 Å². The molecule has 5 rings (SSSR count). The van der Waals surface area contributed by atoms with Crippen molar-refractivity contribution >= 4 is 0 Å². The highest BCUT2D eigenvalue weighted by Crippen LogP contribution is 2.30. The second kappa shape index (κ2) is 8.99. The molecule has 0 bridgehead atoms. The second-order valence-corrected chi connectivity index (χ2v) is 8.57. The van der Waals surface area contributed by atoms with E-state index < -0.39 is 0 Å². The first-order valence-corrected chi connectivity index (χ1v) is 11.4. The average molecular weight is 449 g/mol. The summed E-state index contributed by atoms with van der Waals surface area (Å²) in [5, 5.41) is 0. The molecule has 0 unspecified atom stereocenters. The van der Waals surface area contributed by atoms with Crippen molar-refractivity contribution in [1.29, 1.82) is 0 Å². The third kappa shape index (κ3) is 4.35. The van der Waals surface area contributed by atoms with Crippen molar-refractivity contribution in [2.45, 2.75) is 27.7 Å². The second-order valence-electron chi connectivity index (χ2n) is 8.57. The SMILES string of the molecule is Cc1ccc(C)n1-c1ccc(Oc2cccc(Oc3ccc(-n4c(C)ccc4C)cc3)c2)cc1. The molecule has 3 aromatic carbocycles. The Morgan fingerprint density at radius 2 is 0.765 bits per heavy atom. The molecule has 0 spiro atoms. The molecule has 4 nitrogen and oxygen atoms in total. The highest BCUT2D eigenvalue weighted by atomic mass is 16.5. The fourth-order valence-corrected chi connectivity index (χ4v) is 4.35. The number of rotatable bonds is 6. The van der Waals surface area contributed by atoms with Crippen LogP contribution in [0.3, 0.4) is 0 Å². The van der Waals surface area contributed by atoms with E-state index in [4.69, 9.17) is 9.47 Å². The molecule has 170 valence electrons. The van der Waals surface area contributed by atoms with Crippen molar-refractivity contribution < 1.29 is 9.47 Å². The summed E-state index contributed by atoms with van der Waals surface area (Å²) in [4.78, 5) is 0. The maximum absolute atomic E-state index is 6.09. The summed E-state index contributed by atoms with van der Waals surface area (Å²) in [5.41, 5.74) is 7.09. The molecule has 2 aromatic heterocycles. The number of hydrogen-bond acceptors (Lipinski definition) is 2. The monoisotopic (exact) mass is 448 g/mol. The lowest BCUT2D eigenvalue weighted by atomic mass is 10.2. The van der Waals surface area contributed by atoms with Crippen molar-refractivity contribution in [2.75, 3.05) is 0 Å². The quantitative estimate of drug-likeness (QED) is 0.263. The van der Waals surface area contributed by atoms with E-state index in [1.54, 1.807) is 0 Å². The van der Waals surface area contributed by atoms with Gasteiger partial charge in [-0.2, -0.15) is 0 Å². The van der Waals surface area contributed by atoms with Crippen LogP contribution in [-0.2, 0) is 0 Å². The van der Waals surface area contributed by atoms with Crippen LogP contribution in [0, 0.1) is 27.7 Å². The summed E-state index contributed by atoms with van der Waals surface area (Å²) < 4.78 is 16.6. The van der Waals surface area contributed by atoms with E-state index in [1.165, 1.54) is 22.8 Å². The first kappa shape index (κ1) is 21.7. The summed E-state index contributed by atoms with van der Waals surface area (Å²) in [7, 11) is 0. The van der Waals surface area contributed by atoms with Crippen LogP contribution in [0.5, 0.6) is 23.0 Å². The van der Waals surface area contributed by atoms with E-state index in [1.807, 2.05) is 48.5 Å². The van der Waals surface area contributed by atoms with Gasteiger partial charge >= 0.3 is 0 Å². The average Bonchev–Trinajstić information content (AvgIpc) is 3.35. The Balaban J connectivity index is 1.29. The smallest absolute Gasteiger partial charge is 0.131 e. The predicted molar refractivity (Wildman–Crippen MR) is 137 cm³/mol. The van der Waals surface area contributed by atoms with Gasteiger partial charge in [-0.1, -0.05) is 6.07 Å². The number of ether oxygens (including phenoxy) is 2. The lowest BCUT2D eigenvalue weighted by Gasteiger charge is -2.13. The molecule has 34 heavy (non-hydrogen) atoms. The Morgan fingerprint density at radius 3 is 1.12 bits per heavy atom. The number of hydrogen-bond donors (Lipinski definition) is 0. The van der Waals surface area contributed by atoms with Crippen LogP contribution in [0.15, 0.2) is 97.1 Å². The molecule has 0 amide bonds. The first-order chi connectivity index (χ1) is 16.5. The summed E-state index contributed by atoms with van der Waals surface area (Å²) in [6.07, 6.45) is 0. The van der Waals surface area contributed by atoms with Gasteiger partial charge in [0, 0.05) is 40.2 Å². The lowest BCUT2D eigenvalue weighted by molar-refractivity contribution is 0.460. The molecule has 0 fully saturated rings. The van der Waals surface area contributed by atoms with Crippen molar-refractivity contribution in [2.24, 2.45) is 0 Å². The van der Waals surface area contributed by atoms with Gasteiger partial charge in [0.1, 0.15) is 23.0 Å². The fraction of sp³-hybridized carbons (Fsp3) is 0.133. The molecular weight excluding hydrogens is 420 g/mol. The molecule has 5 aromatic rings. The number of aromatic nitrogens is 2. The number of benzene rings is 3. The minimum absolute atomic E-state index is 0.730. The zero-order valence-electron chi connectivity index (χ0n) is 19.9. The molecule has 0 aliphatic carbocycles. The highest BCUT2D eigenvalue weighted by molar-refractivity contribution is 5.45. The van der Waals surface area contributed by atoms with Crippen LogP contribution < -0.4 is 9.47 Å². The van der Waals surface area contributed by atoms with Gasteiger partial charge in [-0.05, 0) is 113 Å². The maximum atomic E-state index is 6.09. The zero-order valence-corrected chi connectivity index (χ0v) is 19.9. The fourth-order valence-electron chi connectivity index (χ4n) is 4.35. The minimum Gasteiger partial charge on any atom is -0.457 e. The molecule has 0 aliphatic heterocycles. The summed E-state index contributed by atoms with van der Waals surface area (Å²) in [5.74, 6) is 3.03. The van der Waals surface area contributed by atoms with E-state index in [-0.39, 0.29) is 0 Å². The molecule has 2 heterocycles. The summed E-state index contributed by atoms with van der Waals surface area (Å²) in [6, 6.07) is 32.5. The third-order valence-electron chi connectivity index (χ3n) is 6.01. The van der Waals surface area contributed by atoms with Crippen LogP contribution in [0.2, 0.25) is 0 Å². The molecule has 0 saturated carbocycles. The van der Waals surface area contributed by atoms with E-state index >= 15 is 0 Å². The number of nitrogens with zero attached hydrogens (tertiary/aromatic N) is 2. The van der Waals surface area contributed by atoms with Crippen molar-refractivity contribution in [3.8, 4) is 34.4 Å². The van der Waals surface area contributed by atoms with Gasteiger partial charge in [0.2, 0.25) is 0 Å². The van der Waals surface area contributed by atoms with Gasteiger partial charge in [-0.3, -0.25) is 0 Å². The molecule has 0 N–H and O–H groups in total. The van der Waals surface area contributed by atoms with Crippen LogP contribution in [0.4, 0.5) is 0 Å². The van der Waals surface area contributed by atoms with Gasteiger partial charge in [-0.25, -0.2) is 0 Å². The third-order valence-corrected chi connectivity index (χ3v) is 6.01. The Morgan fingerprint density at radius 1 is 0.412 bits per heavy atom.